The average Bonchev–Trinajstić information content (AvgIpc) is 2.61. The summed E-state index contributed by atoms with van der Waals surface area (Å²) in [6.07, 6.45) is 1.54. The number of rotatable bonds is 7. The number of carbonyl (C=O) groups excluding carboxylic acids is 1. The highest BCUT2D eigenvalue weighted by Crippen LogP contribution is 2.29. The maximum absolute atomic E-state index is 11.9. The third kappa shape index (κ3) is 5.60. The van der Waals surface area contributed by atoms with Gasteiger partial charge in [0.25, 0.3) is 5.91 Å². The van der Waals surface area contributed by atoms with Gasteiger partial charge in [0.05, 0.1) is 13.3 Å². The summed E-state index contributed by atoms with van der Waals surface area (Å²) >= 11 is 3.45. The van der Waals surface area contributed by atoms with Gasteiger partial charge in [0.15, 0.2) is 6.61 Å². The Hall–Kier alpha value is -2.34. The molecule has 0 aliphatic carbocycles. The molecule has 0 aromatic heterocycles. The van der Waals surface area contributed by atoms with Crippen molar-refractivity contribution in [2.45, 2.75) is 19.8 Å². The van der Waals surface area contributed by atoms with Gasteiger partial charge in [-0.25, -0.2) is 5.43 Å². The summed E-state index contributed by atoms with van der Waals surface area (Å²) < 4.78 is 11.8. The largest absolute Gasteiger partial charge is 0.496 e. The molecule has 0 bridgehead atoms. The van der Waals surface area contributed by atoms with Gasteiger partial charge in [-0.05, 0) is 41.8 Å². The fraction of sp³-hybridized carbons (Fsp3) is 0.263. The lowest BCUT2D eigenvalue weighted by Crippen LogP contribution is -2.25. The molecule has 2 aromatic rings. The van der Waals surface area contributed by atoms with Crippen molar-refractivity contribution in [2.75, 3.05) is 13.7 Å². The zero-order chi connectivity index (χ0) is 18.2. The van der Waals surface area contributed by atoms with Crippen LogP contribution in [-0.2, 0) is 4.79 Å². The molecule has 25 heavy (non-hydrogen) atoms. The van der Waals surface area contributed by atoms with Crippen LogP contribution in [0.4, 0.5) is 0 Å². The molecule has 1 N–H and O–H groups in total. The maximum atomic E-state index is 11.9. The number of nitrogens with one attached hydrogen (secondary N) is 1. The molecule has 0 saturated heterocycles. The molecule has 0 radical (unpaired) electrons. The number of methoxy groups -OCH3 is 1. The van der Waals surface area contributed by atoms with E-state index >= 15 is 0 Å². The molecule has 6 heteroatoms. The molecule has 1 amide bonds. The lowest BCUT2D eigenvalue weighted by atomic mass is 10.0. The van der Waals surface area contributed by atoms with E-state index in [9.17, 15) is 4.79 Å². The molecule has 132 valence electrons. The number of hydrogen-bond acceptors (Lipinski definition) is 4. The number of carbonyl (C=O) groups is 1. The summed E-state index contributed by atoms with van der Waals surface area (Å²) in [5.74, 6) is 1.35. The van der Waals surface area contributed by atoms with Crippen LogP contribution in [0.25, 0.3) is 0 Å². The molecule has 0 aliphatic rings. The van der Waals surface area contributed by atoms with Gasteiger partial charge in [-0.1, -0.05) is 41.9 Å². The lowest BCUT2D eigenvalue weighted by Gasteiger charge is -2.13. The minimum Gasteiger partial charge on any atom is -0.496 e. The molecule has 2 rings (SSSR count). The van der Waals surface area contributed by atoms with Crippen LogP contribution in [0.5, 0.6) is 11.5 Å². The summed E-state index contributed by atoms with van der Waals surface area (Å²) in [7, 11) is 1.59. The van der Waals surface area contributed by atoms with Crippen molar-refractivity contribution in [3.05, 3.63) is 58.1 Å². The molecule has 0 spiro atoms. The van der Waals surface area contributed by atoms with E-state index in [1.165, 1.54) is 6.21 Å². The smallest absolute Gasteiger partial charge is 0.277 e. The van der Waals surface area contributed by atoms with Gasteiger partial charge < -0.3 is 9.47 Å². The Balaban J connectivity index is 1.92. The van der Waals surface area contributed by atoms with Crippen LogP contribution >= 0.6 is 15.9 Å². The fourth-order valence-corrected chi connectivity index (χ4v) is 2.60. The van der Waals surface area contributed by atoms with Gasteiger partial charge in [-0.15, -0.1) is 0 Å². The maximum Gasteiger partial charge on any atom is 0.277 e. The molecule has 0 aliphatic heterocycles. The summed E-state index contributed by atoms with van der Waals surface area (Å²) in [6, 6.07) is 13.2. The monoisotopic (exact) mass is 404 g/mol. The molecular weight excluding hydrogens is 384 g/mol. The van der Waals surface area contributed by atoms with Crippen molar-refractivity contribution in [1.82, 2.24) is 5.43 Å². The Morgan fingerprint density at radius 1 is 1.24 bits per heavy atom. The first-order chi connectivity index (χ1) is 12.0. The Morgan fingerprint density at radius 3 is 2.72 bits per heavy atom. The second-order valence-electron chi connectivity index (χ2n) is 5.66. The highest BCUT2D eigenvalue weighted by atomic mass is 79.9. The molecule has 5 nitrogen and oxygen atoms in total. The Labute approximate surface area is 156 Å². The third-order valence-corrected chi connectivity index (χ3v) is 3.98. The summed E-state index contributed by atoms with van der Waals surface area (Å²) in [5.41, 5.74) is 4.27. The van der Waals surface area contributed by atoms with Gasteiger partial charge in [-0.2, -0.15) is 5.10 Å². The zero-order valence-electron chi connectivity index (χ0n) is 14.5. The predicted octanol–water partition coefficient (Wildman–Crippen LogP) is 4.11. The number of benzene rings is 2. The lowest BCUT2D eigenvalue weighted by molar-refractivity contribution is -0.123. The highest BCUT2D eigenvalue weighted by molar-refractivity contribution is 9.10. The number of hydrazone groups is 1. The number of ether oxygens (including phenoxy) is 2. The van der Waals surface area contributed by atoms with Crippen LogP contribution in [0.1, 0.15) is 30.9 Å². The number of amides is 1. The molecule has 2 aromatic carbocycles. The van der Waals surface area contributed by atoms with Crippen molar-refractivity contribution in [3.63, 3.8) is 0 Å². The minimum atomic E-state index is -0.330. The van der Waals surface area contributed by atoms with Gasteiger partial charge in [0, 0.05) is 10.0 Å². The van der Waals surface area contributed by atoms with Crippen LogP contribution in [-0.4, -0.2) is 25.8 Å². The zero-order valence-corrected chi connectivity index (χ0v) is 16.0. The molecule has 0 unspecified atom stereocenters. The molecular formula is C19H21BrN2O3. The molecule has 0 heterocycles. The fourth-order valence-electron chi connectivity index (χ4n) is 2.22. The second-order valence-corrected chi connectivity index (χ2v) is 6.58. The van der Waals surface area contributed by atoms with E-state index in [0.29, 0.717) is 17.4 Å². The van der Waals surface area contributed by atoms with Gasteiger partial charge in [0.2, 0.25) is 0 Å². The van der Waals surface area contributed by atoms with E-state index in [0.717, 1.165) is 15.6 Å². The van der Waals surface area contributed by atoms with E-state index in [1.54, 1.807) is 7.11 Å². The number of hydrogen-bond donors (Lipinski definition) is 1. The first kappa shape index (κ1) is 19.0. The van der Waals surface area contributed by atoms with E-state index < -0.39 is 0 Å². The second kappa shape index (κ2) is 9.22. The van der Waals surface area contributed by atoms with E-state index in [4.69, 9.17) is 9.47 Å². The Kier molecular flexibility index (Phi) is 7.01. The quantitative estimate of drug-likeness (QED) is 0.557. The van der Waals surface area contributed by atoms with Crippen molar-refractivity contribution in [2.24, 2.45) is 5.10 Å². The van der Waals surface area contributed by atoms with Crippen LogP contribution in [0.2, 0.25) is 0 Å². The summed E-state index contributed by atoms with van der Waals surface area (Å²) in [6.45, 7) is 4.04. The minimum absolute atomic E-state index is 0.107. The van der Waals surface area contributed by atoms with Crippen molar-refractivity contribution in [3.8, 4) is 11.5 Å². The number of halogens is 1. The average molecular weight is 405 g/mol. The van der Waals surface area contributed by atoms with Crippen LogP contribution in [0.3, 0.4) is 0 Å². The molecule has 0 fully saturated rings. The first-order valence-electron chi connectivity index (χ1n) is 7.88. The number of nitrogens with zero attached hydrogens (tertiary/aromatic N) is 1. The van der Waals surface area contributed by atoms with Gasteiger partial charge in [-0.3, -0.25) is 4.79 Å². The SMILES string of the molecule is COc1ccccc1/C=N/NC(=O)COc1ccc(Br)cc1C(C)C. The van der Waals surface area contributed by atoms with Gasteiger partial charge >= 0.3 is 0 Å². The molecule has 0 saturated carbocycles. The first-order valence-corrected chi connectivity index (χ1v) is 8.67. The number of para-hydroxylation sites is 1. The summed E-state index contributed by atoms with van der Waals surface area (Å²) in [4.78, 5) is 11.9. The van der Waals surface area contributed by atoms with E-state index in [2.05, 4.69) is 40.3 Å². The normalized spacial score (nSPS) is 10.9. The van der Waals surface area contributed by atoms with Crippen molar-refractivity contribution < 1.29 is 14.3 Å². The predicted molar refractivity (Wildman–Crippen MR) is 102 cm³/mol. The Bertz CT molecular complexity index is 760. The summed E-state index contributed by atoms with van der Waals surface area (Å²) in [5, 5.41) is 3.94. The van der Waals surface area contributed by atoms with Crippen molar-refractivity contribution >= 4 is 28.1 Å². The highest BCUT2D eigenvalue weighted by Gasteiger charge is 2.10. The standard InChI is InChI=1S/C19H21BrN2O3/c1-13(2)16-10-15(20)8-9-18(16)25-12-19(23)22-21-11-14-6-4-5-7-17(14)24-3/h4-11,13H,12H2,1-3H3,(H,22,23)/b21-11+. The van der Waals surface area contributed by atoms with Crippen LogP contribution in [0.15, 0.2) is 52.0 Å². The van der Waals surface area contributed by atoms with E-state index in [1.807, 2.05) is 42.5 Å². The molecule has 0 atom stereocenters. The topological polar surface area (TPSA) is 59.9 Å². The van der Waals surface area contributed by atoms with Gasteiger partial charge in [0.1, 0.15) is 11.5 Å². The van der Waals surface area contributed by atoms with Crippen molar-refractivity contribution in [1.29, 1.82) is 0 Å². The van der Waals surface area contributed by atoms with Crippen LogP contribution in [0, 0.1) is 0 Å². The Morgan fingerprint density at radius 2 is 2.00 bits per heavy atom. The van der Waals surface area contributed by atoms with Crippen LogP contribution < -0.4 is 14.9 Å². The third-order valence-electron chi connectivity index (χ3n) is 3.48. The van der Waals surface area contributed by atoms with E-state index in [-0.39, 0.29) is 12.5 Å².